The third-order valence-corrected chi connectivity index (χ3v) is 2.55. The highest BCUT2D eigenvalue weighted by Gasteiger charge is 2.09. The first kappa shape index (κ1) is 9.98. The minimum Gasteiger partial charge on any atom is -0.508 e. The van der Waals surface area contributed by atoms with Crippen LogP contribution in [0.25, 0.3) is 11.0 Å². The Morgan fingerprint density at radius 3 is 3.07 bits per heavy atom. The van der Waals surface area contributed by atoms with Gasteiger partial charge in [-0.3, -0.25) is 0 Å². The third kappa shape index (κ3) is 1.94. The Kier molecular flexibility index (Phi) is 2.60. The number of aromatic hydroxyl groups is 1. The van der Waals surface area contributed by atoms with Gasteiger partial charge >= 0.3 is 0 Å². The molecule has 0 aliphatic rings. The Balaban J connectivity index is 2.38. The molecule has 4 nitrogen and oxygen atoms in total. The summed E-state index contributed by atoms with van der Waals surface area (Å²) in [6.07, 6.45) is 0.909. The van der Waals surface area contributed by atoms with Gasteiger partial charge in [-0.05, 0) is 25.1 Å². The summed E-state index contributed by atoms with van der Waals surface area (Å²) in [7, 11) is 0. The molecule has 80 valence electrons. The normalized spacial score (nSPS) is 13.2. The number of phenolic OH excluding ortho intramolecular Hbond substituents is 1. The van der Waals surface area contributed by atoms with E-state index in [2.05, 4.69) is 16.9 Å². The molecule has 1 aromatic heterocycles. The van der Waals surface area contributed by atoms with Crippen LogP contribution in [-0.4, -0.2) is 21.6 Å². The molecule has 0 aliphatic carbocycles. The summed E-state index contributed by atoms with van der Waals surface area (Å²) in [6, 6.07) is 5.13. The molecule has 0 aliphatic heterocycles. The topological polar surface area (TPSA) is 74.9 Å². The van der Waals surface area contributed by atoms with Crippen molar-refractivity contribution in [2.45, 2.75) is 19.3 Å². The number of fused-ring (bicyclic) bond motifs is 1. The van der Waals surface area contributed by atoms with Crippen molar-refractivity contribution in [3.05, 3.63) is 24.0 Å². The van der Waals surface area contributed by atoms with Gasteiger partial charge in [0.25, 0.3) is 0 Å². The van der Waals surface area contributed by atoms with E-state index in [0.717, 1.165) is 23.3 Å². The molecule has 0 spiro atoms. The zero-order valence-electron chi connectivity index (χ0n) is 8.70. The van der Waals surface area contributed by atoms with E-state index in [4.69, 9.17) is 5.73 Å². The lowest BCUT2D eigenvalue weighted by Crippen LogP contribution is -2.05. The lowest BCUT2D eigenvalue weighted by molar-refractivity contribution is 0.476. The van der Waals surface area contributed by atoms with Crippen molar-refractivity contribution in [3.8, 4) is 5.75 Å². The summed E-state index contributed by atoms with van der Waals surface area (Å²) in [4.78, 5) is 7.64. The number of nitrogens with zero attached hydrogens (tertiary/aromatic N) is 1. The van der Waals surface area contributed by atoms with Crippen molar-refractivity contribution in [1.82, 2.24) is 9.97 Å². The number of aromatic amines is 1. The van der Waals surface area contributed by atoms with Crippen molar-refractivity contribution in [1.29, 1.82) is 0 Å². The molecule has 0 radical (unpaired) electrons. The van der Waals surface area contributed by atoms with Gasteiger partial charge in [-0.2, -0.15) is 0 Å². The molecule has 0 amide bonds. The number of aromatic nitrogens is 2. The van der Waals surface area contributed by atoms with Gasteiger partial charge in [0.1, 0.15) is 11.6 Å². The molecule has 1 aromatic carbocycles. The number of hydrogen-bond donors (Lipinski definition) is 3. The predicted molar refractivity (Wildman–Crippen MR) is 59.8 cm³/mol. The lowest BCUT2D eigenvalue weighted by Gasteiger charge is -2.04. The molecule has 1 unspecified atom stereocenters. The van der Waals surface area contributed by atoms with E-state index in [0.29, 0.717) is 12.5 Å². The van der Waals surface area contributed by atoms with Crippen molar-refractivity contribution in [3.63, 3.8) is 0 Å². The first-order valence-electron chi connectivity index (χ1n) is 5.09. The van der Waals surface area contributed by atoms with Crippen LogP contribution in [0.3, 0.4) is 0 Å². The number of imidazole rings is 1. The Morgan fingerprint density at radius 2 is 2.33 bits per heavy atom. The monoisotopic (exact) mass is 205 g/mol. The quantitative estimate of drug-likeness (QED) is 0.714. The lowest BCUT2D eigenvalue weighted by atomic mass is 10.1. The number of rotatable bonds is 3. The predicted octanol–water partition coefficient (Wildman–Crippen LogP) is 1.72. The summed E-state index contributed by atoms with van der Waals surface area (Å²) < 4.78 is 0. The first-order chi connectivity index (χ1) is 7.20. The van der Waals surface area contributed by atoms with E-state index in [1.54, 1.807) is 18.2 Å². The van der Waals surface area contributed by atoms with Gasteiger partial charge in [-0.25, -0.2) is 4.98 Å². The van der Waals surface area contributed by atoms with Gasteiger partial charge in [0.05, 0.1) is 11.0 Å². The summed E-state index contributed by atoms with van der Waals surface area (Å²) in [5.41, 5.74) is 7.25. The van der Waals surface area contributed by atoms with Crippen LogP contribution in [0.5, 0.6) is 5.75 Å². The minimum absolute atomic E-state index is 0.254. The smallest absolute Gasteiger partial charge is 0.117 e. The maximum absolute atomic E-state index is 9.31. The zero-order valence-corrected chi connectivity index (χ0v) is 8.70. The molecule has 1 atom stereocenters. The van der Waals surface area contributed by atoms with E-state index in [-0.39, 0.29) is 5.75 Å². The Morgan fingerprint density at radius 1 is 1.53 bits per heavy atom. The number of benzene rings is 1. The average Bonchev–Trinajstić information content (AvgIpc) is 2.60. The highest BCUT2D eigenvalue weighted by molar-refractivity contribution is 5.76. The van der Waals surface area contributed by atoms with E-state index >= 15 is 0 Å². The van der Waals surface area contributed by atoms with Gasteiger partial charge in [0.2, 0.25) is 0 Å². The SMILES string of the molecule is CC(CCN)c1nc2ccc(O)cc2[nH]1. The maximum atomic E-state index is 9.31. The molecule has 4 heteroatoms. The first-order valence-corrected chi connectivity index (χ1v) is 5.09. The van der Waals surface area contributed by atoms with E-state index in [9.17, 15) is 5.11 Å². The molecule has 15 heavy (non-hydrogen) atoms. The van der Waals surface area contributed by atoms with Gasteiger partial charge in [-0.15, -0.1) is 0 Å². The summed E-state index contributed by atoms with van der Waals surface area (Å²) in [5.74, 6) is 1.51. The van der Waals surface area contributed by atoms with Crippen LogP contribution in [0.15, 0.2) is 18.2 Å². The second-order valence-corrected chi connectivity index (χ2v) is 3.80. The van der Waals surface area contributed by atoms with Crippen LogP contribution in [-0.2, 0) is 0 Å². The molecule has 0 saturated heterocycles. The fraction of sp³-hybridized carbons (Fsp3) is 0.364. The fourth-order valence-corrected chi connectivity index (χ4v) is 1.64. The molecule has 2 aromatic rings. The van der Waals surface area contributed by atoms with Crippen LogP contribution in [0.4, 0.5) is 0 Å². The number of hydrogen-bond acceptors (Lipinski definition) is 3. The van der Waals surface area contributed by atoms with E-state index in [1.807, 2.05) is 0 Å². The van der Waals surface area contributed by atoms with Gasteiger partial charge in [-0.1, -0.05) is 6.92 Å². The summed E-state index contributed by atoms with van der Waals surface area (Å²) in [5, 5.41) is 9.31. The summed E-state index contributed by atoms with van der Waals surface area (Å²) >= 11 is 0. The van der Waals surface area contributed by atoms with E-state index < -0.39 is 0 Å². The Labute approximate surface area is 88.1 Å². The van der Waals surface area contributed by atoms with Crippen molar-refractivity contribution < 1.29 is 5.11 Å². The van der Waals surface area contributed by atoms with E-state index in [1.165, 1.54) is 0 Å². The molecule has 0 bridgehead atoms. The largest absolute Gasteiger partial charge is 0.508 e. The van der Waals surface area contributed by atoms with Crippen LogP contribution in [0.1, 0.15) is 25.1 Å². The average molecular weight is 205 g/mol. The van der Waals surface area contributed by atoms with Crippen molar-refractivity contribution >= 4 is 11.0 Å². The van der Waals surface area contributed by atoms with Crippen LogP contribution in [0, 0.1) is 0 Å². The van der Waals surface area contributed by atoms with Gasteiger partial charge in [0.15, 0.2) is 0 Å². The van der Waals surface area contributed by atoms with Crippen LogP contribution >= 0.6 is 0 Å². The third-order valence-electron chi connectivity index (χ3n) is 2.55. The van der Waals surface area contributed by atoms with Crippen molar-refractivity contribution in [2.24, 2.45) is 5.73 Å². The number of H-pyrrole nitrogens is 1. The second-order valence-electron chi connectivity index (χ2n) is 3.80. The molecule has 0 fully saturated rings. The van der Waals surface area contributed by atoms with Crippen LogP contribution < -0.4 is 5.73 Å². The molecule has 1 heterocycles. The standard InChI is InChI=1S/C11H15N3O/c1-7(4-5-12)11-13-9-3-2-8(15)6-10(9)14-11/h2-3,6-7,15H,4-5,12H2,1H3,(H,13,14). The summed E-state index contributed by atoms with van der Waals surface area (Å²) in [6.45, 7) is 2.74. The van der Waals surface area contributed by atoms with Crippen molar-refractivity contribution in [2.75, 3.05) is 6.54 Å². The highest BCUT2D eigenvalue weighted by Crippen LogP contribution is 2.22. The minimum atomic E-state index is 0.254. The maximum Gasteiger partial charge on any atom is 0.117 e. The van der Waals surface area contributed by atoms with Gasteiger partial charge < -0.3 is 15.8 Å². The number of phenols is 1. The highest BCUT2D eigenvalue weighted by atomic mass is 16.3. The Hall–Kier alpha value is -1.55. The van der Waals surface area contributed by atoms with Gasteiger partial charge in [0, 0.05) is 12.0 Å². The second kappa shape index (κ2) is 3.90. The zero-order chi connectivity index (χ0) is 10.8. The Bertz CT molecular complexity index is 464. The number of nitrogens with two attached hydrogens (primary N) is 1. The number of nitrogens with one attached hydrogen (secondary N) is 1. The molecular formula is C11H15N3O. The molecule has 2 rings (SSSR count). The molecule has 0 saturated carbocycles. The fourth-order valence-electron chi connectivity index (χ4n) is 1.64. The molecule has 4 N–H and O–H groups in total. The molecular weight excluding hydrogens is 190 g/mol. The van der Waals surface area contributed by atoms with Crippen LogP contribution in [0.2, 0.25) is 0 Å².